The molecule has 0 bridgehead atoms. The predicted molar refractivity (Wildman–Crippen MR) is 98.4 cm³/mol. The van der Waals surface area contributed by atoms with Crippen LogP contribution in [0, 0.1) is 0 Å². The van der Waals surface area contributed by atoms with Crippen LogP contribution in [0.2, 0.25) is 10.0 Å². The number of ether oxygens (including phenoxy) is 1. The van der Waals surface area contributed by atoms with Crippen LogP contribution in [0.1, 0.15) is 23.1 Å². The van der Waals surface area contributed by atoms with Crippen molar-refractivity contribution in [2.24, 2.45) is 0 Å². The van der Waals surface area contributed by atoms with Crippen LogP contribution in [0.15, 0.2) is 42.7 Å². The number of nitrogens with zero attached hydrogens (tertiary/aromatic N) is 4. The van der Waals surface area contributed by atoms with Gasteiger partial charge in [-0.15, -0.1) is 0 Å². The first-order chi connectivity index (χ1) is 12.6. The highest BCUT2D eigenvalue weighted by Crippen LogP contribution is 2.17. The minimum absolute atomic E-state index is 0.169. The van der Waals surface area contributed by atoms with Crippen molar-refractivity contribution >= 4 is 29.1 Å². The van der Waals surface area contributed by atoms with E-state index in [-0.39, 0.29) is 19.2 Å². The SMILES string of the molecule is CCn1ncc(Cl)c1CNC(=O)c1ccn(COc2cccc(Cl)c2)n1. The highest BCUT2D eigenvalue weighted by molar-refractivity contribution is 6.31. The molecule has 26 heavy (non-hydrogen) atoms. The van der Waals surface area contributed by atoms with Crippen LogP contribution in [0.3, 0.4) is 0 Å². The Morgan fingerprint density at radius 3 is 2.92 bits per heavy atom. The van der Waals surface area contributed by atoms with Crippen molar-refractivity contribution in [3.8, 4) is 5.75 Å². The van der Waals surface area contributed by atoms with Gasteiger partial charge in [0.2, 0.25) is 0 Å². The molecule has 0 saturated heterocycles. The molecule has 1 N–H and O–H groups in total. The van der Waals surface area contributed by atoms with Crippen LogP contribution in [-0.2, 0) is 19.8 Å². The second-order valence-corrected chi connectivity index (χ2v) is 6.25. The zero-order valence-corrected chi connectivity index (χ0v) is 15.5. The van der Waals surface area contributed by atoms with Gasteiger partial charge in [0.15, 0.2) is 6.73 Å². The van der Waals surface area contributed by atoms with E-state index in [1.807, 2.05) is 6.92 Å². The van der Waals surface area contributed by atoms with Crippen molar-refractivity contribution in [2.45, 2.75) is 26.7 Å². The Morgan fingerprint density at radius 2 is 2.15 bits per heavy atom. The Bertz CT molecular complexity index is 906. The van der Waals surface area contributed by atoms with Crippen molar-refractivity contribution < 1.29 is 9.53 Å². The smallest absolute Gasteiger partial charge is 0.272 e. The van der Waals surface area contributed by atoms with Gasteiger partial charge in [-0.05, 0) is 31.2 Å². The molecule has 0 atom stereocenters. The quantitative estimate of drug-likeness (QED) is 0.667. The summed E-state index contributed by atoms with van der Waals surface area (Å²) in [7, 11) is 0. The second kappa shape index (κ2) is 8.25. The number of nitrogens with one attached hydrogen (secondary N) is 1. The van der Waals surface area contributed by atoms with Gasteiger partial charge in [0.05, 0.1) is 23.5 Å². The number of benzene rings is 1. The summed E-state index contributed by atoms with van der Waals surface area (Å²) in [5.74, 6) is 0.327. The molecule has 0 saturated carbocycles. The first-order valence-corrected chi connectivity index (χ1v) is 8.72. The highest BCUT2D eigenvalue weighted by Gasteiger charge is 2.13. The number of carbonyl (C=O) groups excluding carboxylic acids is 1. The molecule has 0 unspecified atom stereocenters. The van der Waals surface area contributed by atoms with Gasteiger partial charge in [0.25, 0.3) is 5.91 Å². The van der Waals surface area contributed by atoms with Gasteiger partial charge in [-0.3, -0.25) is 9.48 Å². The Labute approximate surface area is 160 Å². The monoisotopic (exact) mass is 393 g/mol. The maximum atomic E-state index is 12.3. The molecule has 2 aromatic heterocycles. The molecule has 1 amide bonds. The number of aryl methyl sites for hydroxylation is 1. The van der Waals surface area contributed by atoms with Gasteiger partial charge in [-0.2, -0.15) is 10.2 Å². The third-order valence-electron chi connectivity index (χ3n) is 3.65. The van der Waals surface area contributed by atoms with E-state index in [1.54, 1.807) is 47.4 Å². The van der Waals surface area contributed by atoms with Crippen molar-refractivity contribution in [3.05, 3.63) is 64.2 Å². The number of halogens is 2. The molecule has 3 rings (SSSR count). The van der Waals surface area contributed by atoms with E-state index < -0.39 is 0 Å². The van der Waals surface area contributed by atoms with E-state index in [9.17, 15) is 4.79 Å². The predicted octanol–water partition coefficient (Wildman–Crippen LogP) is 3.37. The summed E-state index contributed by atoms with van der Waals surface area (Å²) in [5.41, 5.74) is 1.05. The van der Waals surface area contributed by atoms with Gasteiger partial charge >= 0.3 is 0 Å². The lowest BCUT2D eigenvalue weighted by molar-refractivity contribution is 0.0943. The lowest BCUT2D eigenvalue weighted by Crippen LogP contribution is -2.25. The highest BCUT2D eigenvalue weighted by atomic mass is 35.5. The molecule has 0 radical (unpaired) electrons. The molecule has 1 aromatic carbocycles. The van der Waals surface area contributed by atoms with Crippen LogP contribution < -0.4 is 10.1 Å². The topological polar surface area (TPSA) is 74.0 Å². The summed E-state index contributed by atoms with van der Waals surface area (Å²) in [6.07, 6.45) is 3.23. The summed E-state index contributed by atoms with van der Waals surface area (Å²) >= 11 is 12.0. The van der Waals surface area contributed by atoms with Crippen molar-refractivity contribution in [1.29, 1.82) is 0 Å². The molecule has 9 heteroatoms. The van der Waals surface area contributed by atoms with E-state index in [4.69, 9.17) is 27.9 Å². The maximum Gasteiger partial charge on any atom is 0.272 e. The van der Waals surface area contributed by atoms with Crippen LogP contribution >= 0.6 is 23.2 Å². The zero-order chi connectivity index (χ0) is 18.5. The summed E-state index contributed by atoms with van der Waals surface area (Å²) in [5, 5.41) is 12.2. The van der Waals surface area contributed by atoms with E-state index in [1.165, 1.54) is 4.68 Å². The van der Waals surface area contributed by atoms with E-state index >= 15 is 0 Å². The Balaban J connectivity index is 1.56. The summed E-state index contributed by atoms with van der Waals surface area (Å²) in [4.78, 5) is 12.3. The minimum Gasteiger partial charge on any atom is -0.471 e. The number of hydrogen-bond acceptors (Lipinski definition) is 4. The van der Waals surface area contributed by atoms with Crippen LogP contribution in [0.25, 0.3) is 0 Å². The average Bonchev–Trinajstić information content (AvgIpc) is 3.24. The first kappa shape index (κ1) is 18.3. The summed E-state index contributed by atoms with van der Waals surface area (Å²) in [6.45, 7) is 3.07. The standard InChI is InChI=1S/C17H17Cl2N5O2/c1-2-24-16(14(19)9-21-24)10-20-17(25)15-6-7-23(22-15)11-26-13-5-3-4-12(18)8-13/h3-9H,2,10-11H2,1H3,(H,20,25). The fourth-order valence-electron chi connectivity index (χ4n) is 2.34. The minimum atomic E-state index is -0.300. The van der Waals surface area contributed by atoms with E-state index in [0.29, 0.717) is 28.0 Å². The first-order valence-electron chi connectivity index (χ1n) is 7.97. The fourth-order valence-corrected chi connectivity index (χ4v) is 2.73. The molecule has 0 spiro atoms. The Morgan fingerprint density at radius 1 is 1.31 bits per heavy atom. The molecule has 0 aliphatic carbocycles. The number of aromatic nitrogens is 4. The zero-order valence-electron chi connectivity index (χ0n) is 14.0. The van der Waals surface area contributed by atoms with Crippen molar-refractivity contribution in [2.75, 3.05) is 0 Å². The summed E-state index contributed by atoms with van der Waals surface area (Å²) < 4.78 is 8.85. The van der Waals surface area contributed by atoms with Gasteiger partial charge in [0.1, 0.15) is 11.4 Å². The van der Waals surface area contributed by atoms with Gasteiger partial charge in [-0.25, -0.2) is 4.68 Å². The fraction of sp³-hybridized carbons (Fsp3) is 0.235. The molecule has 0 aliphatic heterocycles. The largest absolute Gasteiger partial charge is 0.471 e. The molecule has 7 nitrogen and oxygen atoms in total. The number of amides is 1. The molecule has 3 aromatic rings. The Kier molecular flexibility index (Phi) is 5.80. The van der Waals surface area contributed by atoms with Gasteiger partial charge in [0, 0.05) is 17.8 Å². The summed E-state index contributed by atoms with van der Waals surface area (Å²) in [6, 6.07) is 8.69. The molecule has 136 valence electrons. The average molecular weight is 394 g/mol. The maximum absolute atomic E-state index is 12.3. The van der Waals surface area contributed by atoms with Gasteiger partial charge < -0.3 is 10.1 Å². The third kappa shape index (κ3) is 4.36. The number of rotatable bonds is 7. The molecule has 2 heterocycles. The lowest BCUT2D eigenvalue weighted by Gasteiger charge is -2.07. The molecular formula is C17H17Cl2N5O2. The van der Waals surface area contributed by atoms with Crippen LogP contribution in [0.5, 0.6) is 5.75 Å². The van der Waals surface area contributed by atoms with Crippen molar-refractivity contribution in [3.63, 3.8) is 0 Å². The van der Waals surface area contributed by atoms with Crippen LogP contribution in [0.4, 0.5) is 0 Å². The normalized spacial score (nSPS) is 10.7. The Hall–Kier alpha value is -2.51. The van der Waals surface area contributed by atoms with E-state index in [0.717, 1.165) is 5.69 Å². The van der Waals surface area contributed by atoms with Crippen LogP contribution in [-0.4, -0.2) is 25.5 Å². The van der Waals surface area contributed by atoms with Crippen molar-refractivity contribution in [1.82, 2.24) is 24.9 Å². The number of carbonyl (C=O) groups is 1. The number of hydrogen-bond donors (Lipinski definition) is 1. The molecular weight excluding hydrogens is 377 g/mol. The lowest BCUT2D eigenvalue weighted by atomic mass is 10.3. The molecule has 0 aliphatic rings. The third-order valence-corrected chi connectivity index (χ3v) is 4.20. The van der Waals surface area contributed by atoms with Gasteiger partial charge in [-0.1, -0.05) is 29.3 Å². The van der Waals surface area contributed by atoms with E-state index in [2.05, 4.69) is 15.5 Å². The molecule has 0 fully saturated rings. The second-order valence-electron chi connectivity index (χ2n) is 5.41.